The van der Waals surface area contributed by atoms with Crippen molar-refractivity contribution in [1.29, 1.82) is 0 Å². The summed E-state index contributed by atoms with van der Waals surface area (Å²) in [5.41, 5.74) is -0.868. The molecule has 1 heterocycles. The molecule has 26 heavy (non-hydrogen) atoms. The maximum atomic E-state index is 14.0. The summed E-state index contributed by atoms with van der Waals surface area (Å²) < 4.78 is 89.2. The second kappa shape index (κ2) is 6.93. The van der Waals surface area contributed by atoms with Crippen molar-refractivity contribution in [2.45, 2.75) is 45.8 Å². The molecular weight excluding hydrogens is 382 g/mol. The molecule has 0 N–H and O–H groups in total. The monoisotopic (exact) mass is 399 g/mol. The Hall–Kier alpha value is -2.04. The van der Waals surface area contributed by atoms with Gasteiger partial charge in [0, 0.05) is 6.42 Å². The summed E-state index contributed by atoms with van der Waals surface area (Å²) in [7, 11) is -4.22. The lowest BCUT2D eigenvalue weighted by atomic mass is 10.1. The molecule has 0 spiro atoms. The van der Waals surface area contributed by atoms with Crippen LogP contribution >= 0.6 is 0 Å². The highest BCUT2D eigenvalue weighted by molar-refractivity contribution is 8.06. The molecule has 0 bridgehead atoms. The van der Waals surface area contributed by atoms with Crippen LogP contribution in [0.1, 0.15) is 34.1 Å². The van der Waals surface area contributed by atoms with Gasteiger partial charge in [-0.25, -0.2) is 8.42 Å². The Labute approximate surface area is 147 Å². The van der Waals surface area contributed by atoms with Crippen LogP contribution < -0.4 is 9.47 Å². The molecule has 6 nitrogen and oxygen atoms in total. The first-order valence-corrected chi connectivity index (χ1v) is 9.14. The molecular formula is C15H17F4NO5S. The van der Waals surface area contributed by atoms with Crippen molar-refractivity contribution in [2.24, 2.45) is 5.16 Å². The Morgan fingerprint density at radius 2 is 1.58 bits per heavy atom. The van der Waals surface area contributed by atoms with Crippen LogP contribution in [-0.2, 0) is 14.7 Å². The average molecular weight is 399 g/mol. The second-order valence-corrected chi connectivity index (χ2v) is 8.41. The molecule has 146 valence electrons. The average Bonchev–Trinajstić information content (AvgIpc) is 2.90. The minimum Gasteiger partial charge on any atom is -0.485 e. The second-order valence-electron chi connectivity index (χ2n) is 6.47. The quantitative estimate of drug-likeness (QED) is 0.561. The van der Waals surface area contributed by atoms with Crippen LogP contribution in [0, 0.1) is 23.3 Å². The molecule has 2 rings (SSSR count). The van der Waals surface area contributed by atoms with E-state index in [1.54, 1.807) is 13.8 Å². The van der Waals surface area contributed by atoms with Crippen molar-refractivity contribution < 1.29 is 40.3 Å². The number of hydrogen-bond donors (Lipinski definition) is 0. The van der Waals surface area contributed by atoms with Gasteiger partial charge in [0.05, 0.1) is 6.10 Å². The van der Waals surface area contributed by atoms with Crippen molar-refractivity contribution in [3.05, 3.63) is 23.3 Å². The summed E-state index contributed by atoms with van der Waals surface area (Å²) in [5.74, 6) is -11.5. The first-order valence-electron chi connectivity index (χ1n) is 7.49. The topological polar surface area (TPSA) is 74.2 Å². The molecule has 0 aliphatic carbocycles. The zero-order valence-corrected chi connectivity index (χ0v) is 15.2. The van der Waals surface area contributed by atoms with E-state index in [0.29, 0.717) is 0 Å². The Bertz CT molecular complexity index is 823. The van der Waals surface area contributed by atoms with Gasteiger partial charge in [0.2, 0.25) is 33.1 Å². The lowest BCUT2D eigenvalue weighted by Crippen LogP contribution is -2.26. The Balaban J connectivity index is 2.28. The Kier molecular flexibility index (Phi) is 5.41. The van der Waals surface area contributed by atoms with E-state index in [1.165, 1.54) is 13.8 Å². The maximum Gasteiger partial charge on any atom is 0.230 e. The van der Waals surface area contributed by atoms with Crippen molar-refractivity contribution in [1.82, 2.24) is 0 Å². The van der Waals surface area contributed by atoms with Crippen molar-refractivity contribution in [3.8, 4) is 11.5 Å². The smallest absolute Gasteiger partial charge is 0.230 e. The van der Waals surface area contributed by atoms with Crippen LogP contribution in [0.15, 0.2) is 5.16 Å². The molecule has 1 aliphatic heterocycles. The van der Waals surface area contributed by atoms with E-state index in [0.717, 1.165) is 0 Å². The van der Waals surface area contributed by atoms with Gasteiger partial charge in [0.1, 0.15) is 5.60 Å². The molecule has 0 saturated heterocycles. The lowest BCUT2D eigenvalue weighted by Gasteiger charge is -2.15. The van der Waals surface area contributed by atoms with Gasteiger partial charge in [-0.15, -0.1) is 0 Å². The van der Waals surface area contributed by atoms with Gasteiger partial charge in [-0.05, 0) is 27.7 Å². The SMILES string of the molecule is CC(C)Oc1c(F)c(F)c(OCS(=O)(=O)C2=NOC(C)(C)C2)c(F)c1F. The molecule has 11 heteroatoms. The predicted molar refractivity (Wildman–Crippen MR) is 83.7 cm³/mol. The van der Waals surface area contributed by atoms with Crippen LogP contribution in [0.3, 0.4) is 0 Å². The van der Waals surface area contributed by atoms with E-state index in [1.807, 2.05) is 0 Å². The van der Waals surface area contributed by atoms with Crippen LogP contribution in [-0.4, -0.2) is 31.1 Å². The summed E-state index contributed by atoms with van der Waals surface area (Å²) in [6.45, 7) is 5.96. The highest BCUT2D eigenvalue weighted by atomic mass is 32.2. The van der Waals surface area contributed by atoms with Crippen LogP contribution in [0.5, 0.6) is 11.5 Å². The minimum atomic E-state index is -4.22. The van der Waals surface area contributed by atoms with Crippen molar-refractivity contribution in [2.75, 3.05) is 5.94 Å². The van der Waals surface area contributed by atoms with Crippen molar-refractivity contribution >= 4 is 14.9 Å². The maximum absolute atomic E-state index is 14.0. The van der Waals surface area contributed by atoms with Gasteiger partial charge in [0.25, 0.3) is 0 Å². The molecule has 0 atom stereocenters. The number of ether oxygens (including phenoxy) is 2. The summed E-state index contributed by atoms with van der Waals surface area (Å²) in [5, 5.41) is 2.99. The number of benzene rings is 1. The molecule has 1 aromatic carbocycles. The molecule has 0 saturated carbocycles. The van der Waals surface area contributed by atoms with Gasteiger partial charge in [0.15, 0.2) is 22.5 Å². The number of rotatable bonds is 5. The first-order chi connectivity index (χ1) is 11.9. The van der Waals surface area contributed by atoms with Crippen LogP contribution in [0.2, 0.25) is 0 Å². The number of hydrogen-bond acceptors (Lipinski definition) is 6. The molecule has 0 aromatic heterocycles. The largest absolute Gasteiger partial charge is 0.485 e. The standard InChI is InChI=1S/C15H17F4NO5S/c1-7(2)24-14-11(18)9(16)13(10(17)12(14)19)23-6-26(21,22)8-5-15(3,4)25-20-8/h7H,5-6H2,1-4H3. The summed E-state index contributed by atoms with van der Waals surface area (Å²) in [6, 6.07) is 0. The van der Waals surface area contributed by atoms with E-state index in [9.17, 15) is 26.0 Å². The van der Waals surface area contributed by atoms with E-state index >= 15 is 0 Å². The fourth-order valence-electron chi connectivity index (χ4n) is 2.03. The third kappa shape index (κ3) is 4.02. The van der Waals surface area contributed by atoms with Gasteiger partial charge in [-0.2, -0.15) is 17.6 Å². The third-order valence-electron chi connectivity index (χ3n) is 3.23. The number of sulfone groups is 1. The molecule has 1 aliphatic rings. The van der Waals surface area contributed by atoms with Gasteiger partial charge in [-0.3, -0.25) is 0 Å². The Morgan fingerprint density at radius 1 is 1.08 bits per heavy atom. The van der Waals surface area contributed by atoms with Crippen molar-refractivity contribution in [3.63, 3.8) is 0 Å². The normalized spacial score (nSPS) is 16.4. The number of halogens is 4. The van der Waals surface area contributed by atoms with E-state index in [4.69, 9.17) is 9.57 Å². The fraction of sp³-hybridized carbons (Fsp3) is 0.533. The van der Waals surface area contributed by atoms with E-state index < -0.39 is 67.3 Å². The molecule has 0 fully saturated rings. The van der Waals surface area contributed by atoms with Gasteiger partial charge >= 0.3 is 0 Å². The molecule has 0 radical (unpaired) electrons. The van der Waals surface area contributed by atoms with Gasteiger partial charge in [-0.1, -0.05) is 5.16 Å². The Morgan fingerprint density at radius 3 is 2.00 bits per heavy atom. The summed E-state index contributed by atoms with van der Waals surface area (Å²) in [4.78, 5) is 4.90. The number of nitrogens with zero attached hydrogens (tertiary/aromatic N) is 1. The fourth-order valence-corrected chi connectivity index (χ4v) is 3.16. The van der Waals surface area contributed by atoms with Crippen LogP contribution in [0.25, 0.3) is 0 Å². The molecule has 1 aromatic rings. The highest BCUT2D eigenvalue weighted by Crippen LogP contribution is 2.35. The number of oxime groups is 1. The minimum absolute atomic E-state index is 0.0897. The molecule has 0 unspecified atom stereocenters. The zero-order valence-electron chi connectivity index (χ0n) is 14.4. The predicted octanol–water partition coefficient (Wildman–Crippen LogP) is 3.29. The van der Waals surface area contributed by atoms with E-state index in [2.05, 4.69) is 9.89 Å². The highest BCUT2D eigenvalue weighted by Gasteiger charge is 2.37. The summed E-state index contributed by atoms with van der Waals surface area (Å²) in [6.07, 6.45) is -0.846. The van der Waals surface area contributed by atoms with E-state index in [-0.39, 0.29) is 6.42 Å². The van der Waals surface area contributed by atoms with Gasteiger partial charge < -0.3 is 14.3 Å². The molecule has 0 amide bonds. The summed E-state index contributed by atoms with van der Waals surface area (Å²) >= 11 is 0. The van der Waals surface area contributed by atoms with Crippen LogP contribution in [0.4, 0.5) is 17.6 Å². The zero-order chi connectivity index (χ0) is 19.9. The lowest BCUT2D eigenvalue weighted by molar-refractivity contribution is 0.0123. The first kappa shape index (κ1) is 20.3. The third-order valence-corrected chi connectivity index (χ3v) is 4.59.